The van der Waals surface area contributed by atoms with E-state index in [1.165, 1.54) is 11.1 Å². The first kappa shape index (κ1) is 16.5. The number of carbonyl (C=O) groups is 1. The van der Waals surface area contributed by atoms with Crippen molar-refractivity contribution in [1.29, 1.82) is 0 Å². The molecule has 1 aliphatic carbocycles. The quantitative estimate of drug-likeness (QED) is 0.875. The van der Waals surface area contributed by atoms with Gasteiger partial charge in [0.1, 0.15) is 0 Å². The number of hydrogen-bond acceptors (Lipinski definition) is 3. The zero-order chi connectivity index (χ0) is 16.4. The zero-order valence-corrected chi connectivity index (χ0v) is 14.4. The summed E-state index contributed by atoms with van der Waals surface area (Å²) in [6, 6.07) is 8.97. The third-order valence-corrected chi connectivity index (χ3v) is 5.27. The standard InChI is InChI=1S/C19H29N3O/c1-15-3-5-16(6-4-15)11-22(17-7-8-17)18(23)12-21-10-9-19(2,13-20)14-21/h3-6,17H,7-14,20H2,1-2H3. The Labute approximate surface area is 139 Å². The van der Waals surface area contributed by atoms with Crippen LogP contribution in [0, 0.1) is 12.3 Å². The van der Waals surface area contributed by atoms with E-state index in [1.54, 1.807) is 0 Å². The van der Waals surface area contributed by atoms with Crippen LogP contribution >= 0.6 is 0 Å². The molecule has 126 valence electrons. The molecular weight excluding hydrogens is 286 g/mol. The Morgan fingerprint density at radius 1 is 1.35 bits per heavy atom. The van der Waals surface area contributed by atoms with E-state index in [9.17, 15) is 4.79 Å². The number of likely N-dealkylation sites (tertiary alicyclic amines) is 1. The Kier molecular flexibility index (Phi) is 4.74. The molecule has 1 saturated heterocycles. The second-order valence-corrected chi connectivity index (χ2v) is 7.71. The van der Waals surface area contributed by atoms with Crippen LogP contribution in [0.3, 0.4) is 0 Å². The highest BCUT2D eigenvalue weighted by atomic mass is 16.2. The first-order valence-electron chi connectivity index (χ1n) is 8.76. The number of nitrogens with zero attached hydrogens (tertiary/aromatic N) is 2. The molecule has 2 fully saturated rings. The molecule has 1 atom stereocenters. The van der Waals surface area contributed by atoms with Gasteiger partial charge in [-0.1, -0.05) is 36.8 Å². The maximum absolute atomic E-state index is 12.8. The molecule has 0 aromatic heterocycles. The average Bonchev–Trinajstić information content (AvgIpc) is 3.30. The lowest BCUT2D eigenvalue weighted by Crippen LogP contribution is -2.41. The minimum atomic E-state index is 0.182. The van der Waals surface area contributed by atoms with Crippen molar-refractivity contribution < 1.29 is 4.79 Å². The highest BCUT2D eigenvalue weighted by molar-refractivity contribution is 5.79. The summed E-state index contributed by atoms with van der Waals surface area (Å²) in [6.45, 7) is 8.23. The van der Waals surface area contributed by atoms with Crippen LogP contribution in [0.5, 0.6) is 0 Å². The summed E-state index contributed by atoms with van der Waals surface area (Å²) < 4.78 is 0. The lowest BCUT2D eigenvalue weighted by molar-refractivity contribution is -0.133. The third kappa shape index (κ3) is 4.12. The predicted molar refractivity (Wildman–Crippen MR) is 93.0 cm³/mol. The number of benzene rings is 1. The van der Waals surface area contributed by atoms with Crippen LogP contribution in [0.25, 0.3) is 0 Å². The monoisotopic (exact) mass is 315 g/mol. The summed E-state index contributed by atoms with van der Waals surface area (Å²) in [4.78, 5) is 17.2. The van der Waals surface area contributed by atoms with Crippen LogP contribution in [-0.4, -0.2) is 47.9 Å². The van der Waals surface area contributed by atoms with Gasteiger partial charge >= 0.3 is 0 Å². The van der Waals surface area contributed by atoms with E-state index in [2.05, 4.69) is 47.9 Å². The predicted octanol–water partition coefficient (Wildman–Crippen LogP) is 2.16. The fourth-order valence-corrected chi connectivity index (χ4v) is 3.41. The normalized spacial score (nSPS) is 24.8. The highest BCUT2D eigenvalue weighted by Gasteiger charge is 2.36. The molecule has 2 N–H and O–H groups in total. The van der Waals surface area contributed by atoms with Crippen LogP contribution in [0.1, 0.15) is 37.3 Å². The van der Waals surface area contributed by atoms with Crippen molar-refractivity contribution in [3.8, 4) is 0 Å². The Bertz CT molecular complexity index is 552. The fraction of sp³-hybridized carbons (Fsp3) is 0.632. The van der Waals surface area contributed by atoms with Crippen molar-refractivity contribution in [3.63, 3.8) is 0 Å². The molecule has 1 unspecified atom stereocenters. The summed E-state index contributed by atoms with van der Waals surface area (Å²) in [7, 11) is 0. The Morgan fingerprint density at radius 2 is 2.04 bits per heavy atom. The molecule has 2 aliphatic rings. The van der Waals surface area contributed by atoms with E-state index in [-0.39, 0.29) is 11.3 Å². The van der Waals surface area contributed by atoms with Gasteiger partial charge in [0.25, 0.3) is 0 Å². The first-order chi connectivity index (χ1) is 11.0. The smallest absolute Gasteiger partial charge is 0.237 e. The van der Waals surface area contributed by atoms with Gasteiger partial charge in [-0.25, -0.2) is 0 Å². The molecule has 0 radical (unpaired) electrons. The van der Waals surface area contributed by atoms with Crippen molar-refractivity contribution in [1.82, 2.24) is 9.80 Å². The topological polar surface area (TPSA) is 49.6 Å². The molecule has 1 aliphatic heterocycles. The fourth-order valence-electron chi connectivity index (χ4n) is 3.41. The van der Waals surface area contributed by atoms with Gasteiger partial charge in [0, 0.05) is 19.1 Å². The van der Waals surface area contributed by atoms with Crippen molar-refractivity contribution in [2.24, 2.45) is 11.1 Å². The van der Waals surface area contributed by atoms with Gasteiger partial charge < -0.3 is 10.6 Å². The molecule has 4 heteroatoms. The largest absolute Gasteiger partial charge is 0.334 e. The first-order valence-corrected chi connectivity index (χ1v) is 8.76. The summed E-state index contributed by atoms with van der Waals surface area (Å²) in [5, 5.41) is 0. The summed E-state index contributed by atoms with van der Waals surface area (Å²) in [6.07, 6.45) is 3.40. The van der Waals surface area contributed by atoms with E-state index in [0.717, 1.165) is 38.9 Å². The van der Waals surface area contributed by atoms with Gasteiger partial charge in [-0.2, -0.15) is 0 Å². The molecule has 4 nitrogen and oxygen atoms in total. The van der Waals surface area contributed by atoms with Gasteiger partial charge in [0.05, 0.1) is 6.54 Å². The summed E-state index contributed by atoms with van der Waals surface area (Å²) >= 11 is 0. The lowest BCUT2D eigenvalue weighted by Gasteiger charge is -2.27. The molecule has 1 heterocycles. The van der Waals surface area contributed by atoms with Crippen molar-refractivity contribution in [3.05, 3.63) is 35.4 Å². The van der Waals surface area contributed by atoms with Gasteiger partial charge in [-0.15, -0.1) is 0 Å². The van der Waals surface area contributed by atoms with E-state index < -0.39 is 0 Å². The molecule has 3 rings (SSSR count). The van der Waals surface area contributed by atoms with E-state index >= 15 is 0 Å². The molecule has 0 spiro atoms. The Morgan fingerprint density at radius 3 is 2.61 bits per heavy atom. The Hall–Kier alpha value is -1.39. The SMILES string of the molecule is Cc1ccc(CN(C(=O)CN2CCC(C)(CN)C2)C2CC2)cc1. The summed E-state index contributed by atoms with van der Waals surface area (Å²) in [5.74, 6) is 0.273. The molecule has 1 aromatic carbocycles. The van der Waals surface area contributed by atoms with Gasteiger partial charge in [-0.3, -0.25) is 9.69 Å². The molecule has 23 heavy (non-hydrogen) atoms. The minimum Gasteiger partial charge on any atom is -0.334 e. The van der Waals surface area contributed by atoms with Gasteiger partial charge in [0.2, 0.25) is 5.91 Å². The number of rotatable bonds is 6. The van der Waals surface area contributed by atoms with Crippen molar-refractivity contribution in [2.75, 3.05) is 26.2 Å². The minimum absolute atomic E-state index is 0.182. The van der Waals surface area contributed by atoms with Crippen LogP contribution in [0.15, 0.2) is 24.3 Å². The summed E-state index contributed by atoms with van der Waals surface area (Å²) in [5.41, 5.74) is 8.54. The number of carbonyl (C=O) groups excluding carboxylic acids is 1. The van der Waals surface area contributed by atoms with Gasteiger partial charge in [-0.05, 0) is 50.3 Å². The van der Waals surface area contributed by atoms with Crippen LogP contribution < -0.4 is 5.73 Å². The number of hydrogen-bond donors (Lipinski definition) is 1. The van der Waals surface area contributed by atoms with E-state index in [1.807, 2.05) is 0 Å². The Balaban J connectivity index is 1.60. The van der Waals surface area contributed by atoms with Crippen LogP contribution in [0.2, 0.25) is 0 Å². The van der Waals surface area contributed by atoms with Crippen molar-refractivity contribution in [2.45, 2.75) is 45.7 Å². The lowest BCUT2D eigenvalue weighted by atomic mass is 9.90. The molecule has 1 amide bonds. The molecule has 0 bridgehead atoms. The van der Waals surface area contributed by atoms with Crippen molar-refractivity contribution >= 4 is 5.91 Å². The second-order valence-electron chi connectivity index (χ2n) is 7.71. The third-order valence-electron chi connectivity index (χ3n) is 5.27. The zero-order valence-electron chi connectivity index (χ0n) is 14.4. The van der Waals surface area contributed by atoms with Gasteiger partial charge in [0.15, 0.2) is 0 Å². The highest BCUT2D eigenvalue weighted by Crippen LogP contribution is 2.31. The number of nitrogens with two attached hydrogens (primary N) is 1. The average molecular weight is 315 g/mol. The number of aryl methyl sites for hydroxylation is 1. The number of amides is 1. The van der Waals surface area contributed by atoms with Crippen LogP contribution in [-0.2, 0) is 11.3 Å². The molecule has 1 saturated carbocycles. The van der Waals surface area contributed by atoms with E-state index in [4.69, 9.17) is 5.73 Å². The maximum atomic E-state index is 12.8. The second kappa shape index (κ2) is 6.62. The molecule has 1 aromatic rings. The maximum Gasteiger partial charge on any atom is 0.237 e. The van der Waals surface area contributed by atoms with Crippen LogP contribution in [0.4, 0.5) is 0 Å². The molecular formula is C19H29N3O. The van der Waals surface area contributed by atoms with E-state index in [0.29, 0.717) is 19.1 Å².